The number of benzene rings is 1. The third kappa shape index (κ3) is 1.35. The van der Waals surface area contributed by atoms with Crippen molar-refractivity contribution in [2.75, 3.05) is 0 Å². The molecule has 1 aromatic carbocycles. The fraction of sp³-hybridized carbons (Fsp3) is 0.182. The molecule has 0 amide bonds. The first-order valence-corrected chi connectivity index (χ1v) is 6.09. The Kier molecular flexibility index (Phi) is 2.14. The van der Waals surface area contributed by atoms with Gasteiger partial charge in [-0.1, -0.05) is 21.1 Å². The van der Waals surface area contributed by atoms with Crippen molar-refractivity contribution in [2.24, 2.45) is 0 Å². The molecule has 0 radical (unpaired) electrons. The van der Waals surface area contributed by atoms with Gasteiger partial charge in [0.05, 0.1) is 5.69 Å². The molecule has 0 N–H and O–H groups in total. The van der Waals surface area contributed by atoms with Crippen LogP contribution in [0.1, 0.15) is 16.8 Å². The van der Waals surface area contributed by atoms with Gasteiger partial charge in [0.25, 0.3) is 0 Å². The zero-order valence-corrected chi connectivity index (χ0v) is 10.3. The average molecular weight is 282 g/mol. The standard InChI is InChI=1S/C11H8BrNOS/c12-7-1-2-8-6(3-7)4-9-10(5-15)13-14-11(8)9/h1-3,15H,4-5H2. The van der Waals surface area contributed by atoms with E-state index in [0.29, 0.717) is 5.75 Å². The zero-order valence-electron chi connectivity index (χ0n) is 7.83. The maximum absolute atomic E-state index is 5.35. The van der Waals surface area contributed by atoms with Gasteiger partial charge in [0.2, 0.25) is 0 Å². The number of hydrogen-bond donors (Lipinski definition) is 1. The van der Waals surface area contributed by atoms with Gasteiger partial charge in [-0.25, -0.2) is 0 Å². The predicted octanol–water partition coefficient (Wildman–Crippen LogP) is 3.44. The van der Waals surface area contributed by atoms with Crippen molar-refractivity contribution < 1.29 is 4.52 Å². The molecule has 1 aromatic heterocycles. The van der Waals surface area contributed by atoms with E-state index in [0.717, 1.165) is 27.9 Å². The molecule has 0 bridgehead atoms. The summed E-state index contributed by atoms with van der Waals surface area (Å²) in [6.07, 6.45) is 0.906. The van der Waals surface area contributed by atoms with Crippen LogP contribution in [-0.4, -0.2) is 5.16 Å². The molecule has 0 saturated heterocycles. The van der Waals surface area contributed by atoms with Crippen molar-refractivity contribution in [1.29, 1.82) is 0 Å². The van der Waals surface area contributed by atoms with Crippen molar-refractivity contribution in [3.05, 3.63) is 39.5 Å². The van der Waals surface area contributed by atoms with Crippen molar-refractivity contribution >= 4 is 28.6 Å². The molecule has 1 aliphatic rings. The highest BCUT2D eigenvalue weighted by Gasteiger charge is 2.26. The fourth-order valence-electron chi connectivity index (χ4n) is 1.98. The number of fused-ring (bicyclic) bond motifs is 3. The van der Waals surface area contributed by atoms with E-state index >= 15 is 0 Å². The molecule has 3 rings (SSSR count). The molecule has 15 heavy (non-hydrogen) atoms. The van der Waals surface area contributed by atoms with Gasteiger partial charge in [-0.2, -0.15) is 12.6 Å². The van der Waals surface area contributed by atoms with E-state index in [1.54, 1.807) is 0 Å². The monoisotopic (exact) mass is 281 g/mol. The molecule has 0 unspecified atom stereocenters. The Labute approximate surface area is 101 Å². The van der Waals surface area contributed by atoms with Gasteiger partial charge in [-0.05, 0) is 23.8 Å². The molecule has 2 aromatic rings. The van der Waals surface area contributed by atoms with Crippen LogP contribution in [0.15, 0.2) is 27.2 Å². The molecule has 1 aliphatic carbocycles. The molecular formula is C11H8BrNOS. The minimum atomic E-state index is 0.633. The zero-order chi connectivity index (χ0) is 10.4. The van der Waals surface area contributed by atoms with Crippen LogP contribution in [0.4, 0.5) is 0 Å². The van der Waals surface area contributed by atoms with Crippen LogP contribution < -0.4 is 0 Å². The first-order chi connectivity index (χ1) is 7.29. The summed E-state index contributed by atoms with van der Waals surface area (Å²) in [6.45, 7) is 0. The average Bonchev–Trinajstić information content (AvgIpc) is 2.74. The smallest absolute Gasteiger partial charge is 0.170 e. The van der Waals surface area contributed by atoms with Gasteiger partial charge in [-0.15, -0.1) is 0 Å². The van der Waals surface area contributed by atoms with Crippen LogP contribution in [0.5, 0.6) is 0 Å². The lowest BCUT2D eigenvalue weighted by atomic mass is 10.1. The van der Waals surface area contributed by atoms with Gasteiger partial charge in [0, 0.05) is 27.8 Å². The quantitative estimate of drug-likeness (QED) is 0.692. The Balaban J connectivity index is 2.20. The normalized spacial score (nSPS) is 12.7. The highest BCUT2D eigenvalue weighted by Crippen LogP contribution is 2.39. The molecule has 0 spiro atoms. The van der Waals surface area contributed by atoms with Crippen molar-refractivity contribution in [3.8, 4) is 11.3 Å². The molecule has 0 saturated carbocycles. The number of aromatic nitrogens is 1. The van der Waals surface area contributed by atoms with Crippen LogP contribution in [0.25, 0.3) is 11.3 Å². The highest BCUT2D eigenvalue weighted by atomic mass is 79.9. The van der Waals surface area contributed by atoms with Crippen LogP contribution in [0, 0.1) is 0 Å². The Hall–Kier alpha value is -0.740. The number of halogens is 1. The van der Waals surface area contributed by atoms with Gasteiger partial charge < -0.3 is 4.52 Å². The van der Waals surface area contributed by atoms with E-state index in [1.807, 2.05) is 6.07 Å². The van der Waals surface area contributed by atoms with E-state index < -0.39 is 0 Å². The van der Waals surface area contributed by atoms with E-state index in [1.165, 1.54) is 11.1 Å². The summed E-state index contributed by atoms with van der Waals surface area (Å²) in [6, 6.07) is 6.22. The summed E-state index contributed by atoms with van der Waals surface area (Å²) < 4.78 is 6.45. The third-order valence-electron chi connectivity index (χ3n) is 2.70. The highest BCUT2D eigenvalue weighted by molar-refractivity contribution is 9.10. The Bertz CT molecular complexity index is 535. The number of hydrogen-bond acceptors (Lipinski definition) is 3. The van der Waals surface area contributed by atoms with Gasteiger partial charge in [0.15, 0.2) is 5.76 Å². The lowest BCUT2D eigenvalue weighted by Gasteiger charge is -1.98. The molecular weight excluding hydrogens is 274 g/mol. The summed E-state index contributed by atoms with van der Waals surface area (Å²) >= 11 is 7.71. The maximum atomic E-state index is 5.35. The topological polar surface area (TPSA) is 26.0 Å². The molecule has 2 nitrogen and oxygen atoms in total. The Morgan fingerprint density at radius 2 is 2.33 bits per heavy atom. The summed E-state index contributed by atoms with van der Waals surface area (Å²) in [5.41, 5.74) is 4.61. The van der Waals surface area contributed by atoms with E-state index in [-0.39, 0.29) is 0 Å². The maximum Gasteiger partial charge on any atom is 0.170 e. The summed E-state index contributed by atoms with van der Waals surface area (Å²) in [4.78, 5) is 0. The van der Waals surface area contributed by atoms with Crippen LogP contribution in [-0.2, 0) is 12.2 Å². The minimum absolute atomic E-state index is 0.633. The Morgan fingerprint density at radius 1 is 1.47 bits per heavy atom. The molecule has 1 heterocycles. The summed E-state index contributed by atoms with van der Waals surface area (Å²) in [5.74, 6) is 1.55. The van der Waals surface area contributed by atoms with Crippen LogP contribution in [0.3, 0.4) is 0 Å². The fourth-order valence-corrected chi connectivity index (χ4v) is 2.64. The number of rotatable bonds is 1. The molecule has 0 atom stereocenters. The van der Waals surface area contributed by atoms with E-state index in [4.69, 9.17) is 4.52 Å². The SMILES string of the molecule is SCc1noc2c1Cc1cc(Br)ccc1-2. The van der Waals surface area contributed by atoms with Crippen LogP contribution >= 0.6 is 28.6 Å². The second-order valence-corrected chi connectivity index (χ2v) is 4.81. The molecule has 0 fully saturated rings. The second-order valence-electron chi connectivity index (χ2n) is 3.57. The predicted molar refractivity (Wildman–Crippen MR) is 65.1 cm³/mol. The Morgan fingerprint density at radius 3 is 3.13 bits per heavy atom. The molecule has 4 heteroatoms. The lowest BCUT2D eigenvalue weighted by Crippen LogP contribution is -1.86. The van der Waals surface area contributed by atoms with Gasteiger partial charge in [-0.3, -0.25) is 0 Å². The minimum Gasteiger partial charge on any atom is -0.356 e. The first kappa shape index (κ1) is 9.48. The molecule has 76 valence electrons. The third-order valence-corrected chi connectivity index (χ3v) is 3.49. The first-order valence-electron chi connectivity index (χ1n) is 4.66. The van der Waals surface area contributed by atoms with Crippen molar-refractivity contribution in [1.82, 2.24) is 5.16 Å². The van der Waals surface area contributed by atoms with E-state index in [9.17, 15) is 0 Å². The largest absolute Gasteiger partial charge is 0.356 e. The van der Waals surface area contributed by atoms with Gasteiger partial charge >= 0.3 is 0 Å². The summed E-state index contributed by atoms with van der Waals surface area (Å²) in [5, 5.41) is 4.01. The second kappa shape index (κ2) is 3.39. The lowest BCUT2D eigenvalue weighted by molar-refractivity contribution is 0.427. The number of thiol groups is 1. The van der Waals surface area contributed by atoms with Crippen LogP contribution in [0.2, 0.25) is 0 Å². The van der Waals surface area contributed by atoms with Crippen molar-refractivity contribution in [2.45, 2.75) is 12.2 Å². The number of nitrogens with zero attached hydrogens (tertiary/aromatic N) is 1. The van der Waals surface area contributed by atoms with Crippen molar-refractivity contribution in [3.63, 3.8) is 0 Å². The summed E-state index contributed by atoms with van der Waals surface area (Å²) in [7, 11) is 0. The van der Waals surface area contributed by atoms with Gasteiger partial charge in [0.1, 0.15) is 0 Å². The van der Waals surface area contributed by atoms with E-state index in [2.05, 4.69) is 45.8 Å². The molecule has 0 aliphatic heterocycles.